The van der Waals surface area contributed by atoms with Crippen LogP contribution in [-0.4, -0.2) is 15.8 Å². The van der Waals surface area contributed by atoms with E-state index in [1.54, 1.807) is 18.7 Å². The predicted octanol–water partition coefficient (Wildman–Crippen LogP) is 3.38. The first-order valence-corrected chi connectivity index (χ1v) is 6.26. The van der Waals surface area contributed by atoms with Crippen molar-refractivity contribution in [3.05, 3.63) is 29.8 Å². The monoisotopic (exact) mass is 236 g/mol. The van der Waals surface area contributed by atoms with Crippen molar-refractivity contribution in [1.82, 2.24) is 0 Å². The van der Waals surface area contributed by atoms with Gasteiger partial charge in [0, 0.05) is 15.6 Å². The summed E-state index contributed by atoms with van der Waals surface area (Å²) in [6.45, 7) is 6.06. The first-order valence-electron chi connectivity index (χ1n) is 5.44. The molecule has 3 heteroatoms. The van der Waals surface area contributed by atoms with Gasteiger partial charge in [0.2, 0.25) is 0 Å². The minimum absolute atomic E-state index is 0.0402. The third-order valence-corrected chi connectivity index (χ3v) is 4.64. The van der Waals surface area contributed by atoms with Crippen LogP contribution >= 0.6 is 11.8 Å². The summed E-state index contributed by atoms with van der Waals surface area (Å²) in [4.78, 5) is 12.4. The van der Waals surface area contributed by atoms with Crippen LogP contribution in [0.15, 0.2) is 29.2 Å². The fourth-order valence-electron chi connectivity index (χ4n) is 2.57. The van der Waals surface area contributed by atoms with Gasteiger partial charge in [0.1, 0.15) is 0 Å². The van der Waals surface area contributed by atoms with Crippen molar-refractivity contribution in [2.24, 2.45) is 5.92 Å². The maximum Gasteiger partial charge on any atom is 0.306 e. The van der Waals surface area contributed by atoms with Crippen LogP contribution < -0.4 is 0 Å². The van der Waals surface area contributed by atoms with Crippen molar-refractivity contribution in [3.8, 4) is 0 Å². The minimum Gasteiger partial charge on any atom is -0.481 e. The molecule has 0 aromatic heterocycles. The molecule has 0 aliphatic carbocycles. The largest absolute Gasteiger partial charge is 0.481 e. The van der Waals surface area contributed by atoms with E-state index in [1.807, 2.05) is 12.1 Å². The van der Waals surface area contributed by atoms with E-state index in [-0.39, 0.29) is 16.6 Å². The highest BCUT2D eigenvalue weighted by atomic mass is 32.2. The molecule has 2 nitrogen and oxygen atoms in total. The van der Waals surface area contributed by atoms with E-state index < -0.39 is 5.97 Å². The second-order valence-electron chi connectivity index (χ2n) is 4.85. The van der Waals surface area contributed by atoms with Crippen molar-refractivity contribution in [2.45, 2.75) is 36.3 Å². The second kappa shape index (κ2) is 3.81. The van der Waals surface area contributed by atoms with Crippen LogP contribution in [0.2, 0.25) is 0 Å². The molecule has 1 heterocycles. The summed E-state index contributed by atoms with van der Waals surface area (Å²) < 4.78 is -0.0402. The molecule has 0 radical (unpaired) electrons. The lowest BCUT2D eigenvalue weighted by Gasteiger charge is -2.29. The Bertz CT molecular complexity index is 426. The number of thioether (sulfide) groups is 1. The minimum atomic E-state index is -0.713. The highest BCUT2D eigenvalue weighted by Gasteiger charge is 2.44. The van der Waals surface area contributed by atoms with Crippen LogP contribution in [0.5, 0.6) is 0 Å². The second-order valence-corrected chi connectivity index (χ2v) is 6.54. The third kappa shape index (κ3) is 1.73. The van der Waals surface area contributed by atoms with Crippen LogP contribution in [0, 0.1) is 5.92 Å². The number of hydrogen-bond donors (Lipinski definition) is 1. The Morgan fingerprint density at radius 2 is 2.06 bits per heavy atom. The molecular weight excluding hydrogens is 220 g/mol. The molecule has 0 amide bonds. The maximum absolute atomic E-state index is 11.2. The third-order valence-electron chi connectivity index (χ3n) is 3.27. The van der Waals surface area contributed by atoms with E-state index in [0.29, 0.717) is 0 Å². The van der Waals surface area contributed by atoms with Crippen molar-refractivity contribution < 1.29 is 9.90 Å². The Balaban J connectivity index is 2.46. The first-order chi connectivity index (χ1) is 7.43. The topological polar surface area (TPSA) is 37.3 Å². The average molecular weight is 236 g/mol. The summed E-state index contributed by atoms with van der Waals surface area (Å²) in [6.07, 6.45) is 0. The van der Waals surface area contributed by atoms with Crippen LogP contribution in [0.3, 0.4) is 0 Å². The molecule has 16 heavy (non-hydrogen) atoms. The quantitative estimate of drug-likeness (QED) is 0.855. The predicted molar refractivity (Wildman–Crippen MR) is 65.9 cm³/mol. The molecule has 1 aliphatic heterocycles. The number of aliphatic carboxylic acids is 1. The molecule has 0 bridgehead atoms. The van der Waals surface area contributed by atoms with Crippen LogP contribution in [-0.2, 0) is 4.79 Å². The van der Waals surface area contributed by atoms with Gasteiger partial charge in [-0.05, 0) is 25.5 Å². The highest BCUT2D eigenvalue weighted by Crippen LogP contribution is 2.55. The Kier molecular flexibility index (Phi) is 2.74. The molecule has 2 atom stereocenters. The maximum atomic E-state index is 11.2. The average Bonchev–Trinajstić information content (AvgIpc) is 2.46. The van der Waals surface area contributed by atoms with Crippen molar-refractivity contribution in [2.75, 3.05) is 0 Å². The SMILES string of the molecule is CC(C(=O)O)C1c2ccccc2SC1(C)C. The highest BCUT2D eigenvalue weighted by molar-refractivity contribution is 8.01. The Labute approximate surface area is 100 Å². The van der Waals surface area contributed by atoms with Gasteiger partial charge in [0.25, 0.3) is 0 Å². The number of fused-ring (bicyclic) bond motifs is 1. The van der Waals surface area contributed by atoms with E-state index in [1.165, 1.54) is 10.5 Å². The van der Waals surface area contributed by atoms with Crippen LogP contribution in [0.4, 0.5) is 0 Å². The van der Waals surface area contributed by atoms with Crippen molar-refractivity contribution >= 4 is 17.7 Å². The van der Waals surface area contributed by atoms with Gasteiger partial charge in [-0.2, -0.15) is 0 Å². The molecule has 0 saturated heterocycles. The summed E-state index contributed by atoms with van der Waals surface area (Å²) in [6, 6.07) is 8.13. The van der Waals surface area contributed by atoms with Gasteiger partial charge in [-0.3, -0.25) is 4.79 Å². The Hall–Kier alpha value is -0.960. The van der Waals surface area contributed by atoms with Crippen molar-refractivity contribution in [3.63, 3.8) is 0 Å². The van der Waals surface area contributed by atoms with Crippen molar-refractivity contribution in [1.29, 1.82) is 0 Å². The number of carboxylic acid groups (broad SMARTS) is 1. The molecule has 0 spiro atoms. The van der Waals surface area contributed by atoms with E-state index in [2.05, 4.69) is 26.0 Å². The Morgan fingerprint density at radius 1 is 1.44 bits per heavy atom. The van der Waals surface area contributed by atoms with Gasteiger partial charge in [0.15, 0.2) is 0 Å². The molecular formula is C13H16O2S. The van der Waals surface area contributed by atoms with E-state index in [0.717, 1.165) is 0 Å². The number of hydrogen-bond acceptors (Lipinski definition) is 2. The fourth-order valence-corrected chi connectivity index (χ4v) is 4.05. The summed E-state index contributed by atoms with van der Waals surface area (Å²) in [5, 5.41) is 9.19. The van der Waals surface area contributed by atoms with Gasteiger partial charge in [-0.25, -0.2) is 0 Å². The van der Waals surface area contributed by atoms with Gasteiger partial charge in [-0.1, -0.05) is 25.1 Å². The lowest BCUT2D eigenvalue weighted by Crippen LogP contribution is -2.30. The van der Waals surface area contributed by atoms with Gasteiger partial charge < -0.3 is 5.11 Å². The lowest BCUT2D eigenvalue weighted by atomic mass is 9.79. The molecule has 1 aromatic carbocycles. The first kappa shape index (κ1) is 11.5. The molecule has 1 N–H and O–H groups in total. The van der Waals surface area contributed by atoms with Crippen LogP contribution in [0.1, 0.15) is 32.3 Å². The van der Waals surface area contributed by atoms with Crippen LogP contribution in [0.25, 0.3) is 0 Å². The van der Waals surface area contributed by atoms with E-state index >= 15 is 0 Å². The summed E-state index contributed by atoms with van der Waals surface area (Å²) in [5.74, 6) is -0.965. The Morgan fingerprint density at radius 3 is 2.69 bits per heavy atom. The normalized spacial score (nSPS) is 23.8. The van der Waals surface area contributed by atoms with E-state index in [9.17, 15) is 9.90 Å². The van der Waals surface area contributed by atoms with E-state index in [4.69, 9.17) is 0 Å². The van der Waals surface area contributed by atoms with Gasteiger partial charge in [-0.15, -0.1) is 11.8 Å². The van der Waals surface area contributed by atoms with Gasteiger partial charge in [0.05, 0.1) is 5.92 Å². The smallest absolute Gasteiger partial charge is 0.306 e. The summed E-state index contributed by atoms with van der Waals surface area (Å²) >= 11 is 1.78. The molecule has 1 aromatic rings. The standard InChI is InChI=1S/C13H16O2S/c1-8(12(14)15)11-9-6-4-5-7-10(9)16-13(11,2)3/h4-8,11H,1-3H3,(H,14,15). The fraction of sp³-hybridized carbons (Fsp3) is 0.462. The lowest BCUT2D eigenvalue weighted by molar-refractivity contribution is -0.142. The molecule has 2 rings (SSSR count). The molecule has 0 saturated carbocycles. The number of carboxylic acids is 1. The molecule has 2 unspecified atom stereocenters. The zero-order valence-corrected chi connectivity index (χ0v) is 10.5. The van der Waals surface area contributed by atoms with Gasteiger partial charge >= 0.3 is 5.97 Å². The molecule has 1 aliphatic rings. The number of rotatable bonds is 2. The summed E-state index contributed by atoms with van der Waals surface area (Å²) in [5.41, 5.74) is 1.19. The zero-order chi connectivity index (χ0) is 11.9. The number of carbonyl (C=O) groups is 1. The molecule has 86 valence electrons. The number of benzene rings is 1. The zero-order valence-electron chi connectivity index (χ0n) is 9.73. The molecule has 0 fully saturated rings. The summed E-state index contributed by atoms with van der Waals surface area (Å²) in [7, 11) is 0.